The van der Waals surface area contributed by atoms with Gasteiger partial charge in [0.15, 0.2) is 0 Å². The van der Waals surface area contributed by atoms with Gasteiger partial charge in [0, 0.05) is 0 Å². The van der Waals surface area contributed by atoms with Gasteiger partial charge in [-0.25, -0.2) is 0 Å². The van der Waals surface area contributed by atoms with Gasteiger partial charge in [-0.15, -0.1) is 0 Å². The summed E-state index contributed by atoms with van der Waals surface area (Å²) in [5.41, 5.74) is 4.54. The van der Waals surface area contributed by atoms with E-state index in [-0.39, 0.29) is 11.9 Å². The highest BCUT2D eigenvalue weighted by Gasteiger charge is 2.44. The van der Waals surface area contributed by atoms with Crippen molar-refractivity contribution in [1.82, 2.24) is 5.32 Å². The minimum Gasteiger partial charge on any atom is -0.348 e. The monoisotopic (exact) mass is 403 g/mol. The van der Waals surface area contributed by atoms with Gasteiger partial charge in [-0.05, 0) is 40.7 Å². The van der Waals surface area contributed by atoms with Gasteiger partial charge in [-0.1, -0.05) is 115 Å². The molecule has 0 saturated carbocycles. The van der Waals surface area contributed by atoms with Gasteiger partial charge in [0.25, 0.3) is 0 Å². The lowest BCUT2D eigenvalue weighted by atomic mass is 9.68. The molecule has 1 amide bonds. The lowest BCUT2D eigenvalue weighted by Gasteiger charge is -2.35. The average Bonchev–Trinajstić information content (AvgIpc) is 3.25. The second kappa shape index (κ2) is 8.23. The van der Waals surface area contributed by atoms with Gasteiger partial charge >= 0.3 is 0 Å². The first kappa shape index (κ1) is 19.3. The van der Waals surface area contributed by atoms with Crippen LogP contribution >= 0.6 is 0 Å². The van der Waals surface area contributed by atoms with E-state index in [1.165, 1.54) is 11.1 Å². The highest BCUT2D eigenvalue weighted by Crippen LogP contribution is 2.41. The van der Waals surface area contributed by atoms with Crippen LogP contribution in [0.1, 0.15) is 40.3 Å². The lowest BCUT2D eigenvalue weighted by Crippen LogP contribution is -2.47. The summed E-state index contributed by atoms with van der Waals surface area (Å²) in [5.74, 6) is 0.0119. The van der Waals surface area contributed by atoms with E-state index in [4.69, 9.17) is 0 Å². The fourth-order valence-electron chi connectivity index (χ4n) is 4.93. The van der Waals surface area contributed by atoms with E-state index < -0.39 is 5.41 Å². The summed E-state index contributed by atoms with van der Waals surface area (Å²) in [5, 5.41) is 3.43. The van der Waals surface area contributed by atoms with Crippen LogP contribution in [0.3, 0.4) is 0 Å². The van der Waals surface area contributed by atoms with Crippen molar-refractivity contribution >= 4 is 5.91 Å². The molecule has 0 heterocycles. The van der Waals surface area contributed by atoms with Crippen LogP contribution in [0.5, 0.6) is 0 Å². The van der Waals surface area contributed by atoms with Gasteiger partial charge in [-0.2, -0.15) is 0 Å². The molecule has 1 unspecified atom stereocenters. The largest absolute Gasteiger partial charge is 0.348 e. The molecule has 0 aliphatic heterocycles. The molecule has 4 aromatic rings. The van der Waals surface area contributed by atoms with Crippen LogP contribution in [0.4, 0.5) is 0 Å². The molecule has 1 aliphatic rings. The van der Waals surface area contributed by atoms with Crippen molar-refractivity contribution in [2.24, 2.45) is 0 Å². The quantitative estimate of drug-likeness (QED) is 0.418. The molecule has 4 aromatic carbocycles. The van der Waals surface area contributed by atoms with E-state index in [2.05, 4.69) is 66.0 Å². The molecule has 5 rings (SSSR count). The second-order valence-corrected chi connectivity index (χ2v) is 8.11. The minimum atomic E-state index is -0.929. The number of carbonyl (C=O) groups excluding carboxylic acids is 1. The Kier molecular flexibility index (Phi) is 5.13. The zero-order valence-corrected chi connectivity index (χ0v) is 17.4. The maximum absolute atomic E-state index is 14.3. The molecule has 0 spiro atoms. The number of benzene rings is 4. The predicted molar refractivity (Wildman–Crippen MR) is 125 cm³/mol. The van der Waals surface area contributed by atoms with Crippen molar-refractivity contribution in [3.63, 3.8) is 0 Å². The fourth-order valence-corrected chi connectivity index (χ4v) is 4.93. The summed E-state index contributed by atoms with van der Waals surface area (Å²) in [4.78, 5) is 14.3. The Morgan fingerprint density at radius 3 is 1.61 bits per heavy atom. The standard InChI is InChI=1S/C29H25NO/c31-28(30-27-21-20-22-12-10-11-19-26(22)27)29(23-13-4-1-5-14-23,24-15-6-2-7-16-24)25-17-8-3-9-18-25/h1-19,27H,20-21H2,(H,30,31). The van der Waals surface area contributed by atoms with Crippen LogP contribution in [-0.2, 0) is 16.6 Å². The van der Waals surface area contributed by atoms with Gasteiger partial charge in [0.1, 0.15) is 5.41 Å². The molecular weight excluding hydrogens is 378 g/mol. The molecule has 1 aliphatic carbocycles. The molecule has 1 atom stereocenters. The number of hydrogen-bond donors (Lipinski definition) is 1. The third kappa shape index (κ3) is 3.34. The van der Waals surface area contributed by atoms with E-state index in [0.29, 0.717) is 0 Å². The first-order valence-corrected chi connectivity index (χ1v) is 10.9. The highest BCUT2D eigenvalue weighted by atomic mass is 16.2. The molecule has 31 heavy (non-hydrogen) atoms. The van der Waals surface area contributed by atoms with Crippen molar-refractivity contribution in [2.45, 2.75) is 24.3 Å². The number of nitrogens with one attached hydrogen (secondary N) is 1. The minimum absolute atomic E-state index is 0.0119. The van der Waals surface area contributed by atoms with E-state index >= 15 is 0 Å². The Bertz CT molecular complexity index is 1070. The second-order valence-electron chi connectivity index (χ2n) is 8.11. The third-order valence-corrected chi connectivity index (χ3v) is 6.40. The Labute approximate surface area is 183 Å². The van der Waals surface area contributed by atoms with Gasteiger partial charge in [0.2, 0.25) is 5.91 Å². The van der Waals surface area contributed by atoms with E-state index in [9.17, 15) is 4.79 Å². The molecule has 1 N–H and O–H groups in total. The van der Waals surface area contributed by atoms with E-state index in [0.717, 1.165) is 29.5 Å². The normalized spacial score (nSPS) is 15.3. The maximum atomic E-state index is 14.3. The lowest BCUT2D eigenvalue weighted by molar-refractivity contribution is -0.124. The van der Waals surface area contributed by atoms with Crippen LogP contribution in [-0.4, -0.2) is 5.91 Å². The van der Waals surface area contributed by atoms with E-state index in [1.54, 1.807) is 0 Å². The smallest absolute Gasteiger partial charge is 0.240 e. The molecule has 0 radical (unpaired) electrons. The van der Waals surface area contributed by atoms with Crippen molar-refractivity contribution in [1.29, 1.82) is 0 Å². The Morgan fingerprint density at radius 2 is 1.10 bits per heavy atom. The van der Waals surface area contributed by atoms with E-state index in [1.807, 2.05) is 54.6 Å². The van der Waals surface area contributed by atoms with Crippen molar-refractivity contribution in [3.05, 3.63) is 143 Å². The summed E-state index contributed by atoms with van der Waals surface area (Å²) in [7, 11) is 0. The number of carbonyl (C=O) groups is 1. The predicted octanol–water partition coefficient (Wildman–Crippen LogP) is 5.82. The summed E-state index contributed by atoms with van der Waals surface area (Å²) >= 11 is 0. The Morgan fingerprint density at radius 1 is 0.645 bits per heavy atom. The summed E-state index contributed by atoms with van der Waals surface area (Å²) < 4.78 is 0. The number of aryl methyl sites for hydroxylation is 1. The Hall–Kier alpha value is -3.65. The Balaban J connectivity index is 1.68. The molecule has 0 aromatic heterocycles. The first-order chi connectivity index (χ1) is 15.3. The van der Waals surface area contributed by atoms with Crippen LogP contribution in [0.15, 0.2) is 115 Å². The molecule has 152 valence electrons. The molecule has 0 bridgehead atoms. The highest BCUT2D eigenvalue weighted by molar-refractivity contribution is 5.96. The average molecular weight is 404 g/mol. The van der Waals surface area contributed by atoms with Gasteiger partial charge in [-0.3, -0.25) is 4.79 Å². The zero-order chi connectivity index (χ0) is 21.1. The summed E-state index contributed by atoms with van der Waals surface area (Å²) in [6.45, 7) is 0. The molecule has 0 fully saturated rings. The van der Waals surface area contributed by atoms with Crippen LogP contribution in [0.25, 0.3) is 0 Å². The molecule has 2 nitrogen and oxygen atoms in total. The number of amides is 1. The summed E-state index contributed by atoms with van der Waals surface area (Å²) in [6.07, 6.45) is 1.93. The summed E-state index contributed by atoms with van der Waals surface area (Å²) in [6, 6.07) is 38.8. The zero-order valence-electron chi connectivity index (χ0n) is 17.4. The SMILES string of the molecule is O=C(NC1CCc2ccccc21)C(c1ccccc1)(c1ccccc1)c1ccccc1. The van der Waals surface area contributed by atoms with Crippen LogP contribution in [0.2, 0.25) is 0 Å². The third-order valence-electron chi connectivity index (χ3n) is 6.40. The first-order valence-electron chi connectivity index (χ1n) is 10.9. The topological polar surface area (TPSA) is 29.1 Å². The van der Waals surface area contributed by atoms with Gasteiger partial charge in [0.05, 0.1) is 6.04 Å². The number of rotatable bonds is 5. The van der Waals surface area contributed by atoms with Crippen molar-refractivity contribution in [3.8, 4) is 0 Å². The maximum Gasteiger partial charge on any atom is 0.240 e. The molecule has 2 heteroatoms. The number of fused-ring (bicyclic) bond motifs is 1. The molecule has 0 saturated heterocycles. The van der Waals surface area contributed by atoms with Crippen LogP contribution in [0, 0.1) is 0 Å². The van der Waals surface area contributed by atoms with Gasteiger partial charge < -0.3 is 5.32 Å². The van der Waals surface area contributed by atoms with Crippen molar-refractivity contribution < 1.29 is 4.79 Å². The van der Waals surface area contributed by atoms with Crippen LogP contribution < -0.4 is 5.32 Å². The number of hydrogen-bond acceptors (Lipinski definition) is 1. The molecular formula is C29H25NO. The fraction of sp³-hybridized carbons (Fsp3) is 0.138. The van der Waals surface area contributed by atoms with Crippen molar-refractivity contribution in [2.75, 3.05) is 0 Å².